The fourth-order valence-corrected chi connectivity index (χ4v) is 7.77. The Bertz CT molecular complexity index is 2010. The SMILES string of the molecule is Cc1cc(S(=O)(=O)NC(=O)c2ccc(NCCNCc3ccccc3-c3ccc(Cl)cc3)cc2)ccc1N[C@H](CCN(C)C)CSc1ccccc1. The number of rotatable bonds is 18. The van der Waals surface area contributed by atoms with Gasteiger partial charge in [-0.1, -0.05) is 66.2 Å². The average molecular weight is 756 g/mol. The molecule has 11 heteroatoms. The summed E-state index contributed by atoms with van der Waals surface area (Å²) < 4.78 is 28.7. The van der Waals surface area contributed by atoms with Crippen LogP contribution in [0.2, 0.25) is 5.02 Å². The number of nitrogens with one attached hydrogen (secondary N) is 4. The van der Waals surface area contributed by atoms with Crippen molar-refractivity contribution in [3.63, 3.8) is 0 Å². The maximum absolute atomic E-state index is 13.2. The predicted octanol–water partition coefficient (Wildman–Crippen LogP) is 8.16. The molecule has 52 heavy (non-hydrogen) atoms. The maximum Gasteiger partial charge on any atom is 0.264 e. The Morgan fingerprint density at radius 2 is 1.56 bits per heavy atom. The standard InChI is InChI=1S/C41H46ClN5O3S2/c1-30-27-38(21-22-40(30)45-36(23-26-47(2)3)29-51-37-10-5-4-6-11-37)52(49,50)46-41(48)32-15-19-35(20-16-32)44-25-24-43-28-33-9-7-8-12-39(33)31-13-17-34(42)18-14-31/h4-22,27,36,43-45H,23-26,28-29H2,1-3H3,(H,46,48)/t36-/m1/s1. The van der Waals surface area contributed by atoms with Gasteiger partial charge in [0.2, 0.25) is 0 Å². The molecule has 0 spiro atoms. The van der Waals surface area contributed by atoms with Crippen LogP contribution in [0.1, 0.15) is 27.9 Å². The molecule has 0 saturated carbocycles. The van der Waals surface area contributed by atoms with Crippen molar-refractivity contribution in [1.82, 2.24) is 14.9 Å². The number of hydrogen-bond acceptors (Lipinski definition) is 8. The van der Waals surface area contributed by atoms with E-state index in [2.05, 4.69) is 63.9 Å². The van der Waals surface area contributed by atoms with Gasteiger partial charge < -0.3 is 20.9 Å². The maximum atomic E-state index is 13.2. The Morgan fingerprint density at radius 3 is 2.27 bits per heavy atom. The van der Waals surface area contributed by atoms with Gasteiger partial charge in [-0.05, 0) is 123 Å². The van der Waals surface area contributed by atoms with E-state index in [0.717, 1.165) is 46.8 Å². The van der Waals surface area contributed by atoms with Crippen LogP contribution in [0.4, 0.5) is 11.4 Å². The van der Waals surface area contributed by atoms with Crippen LogP contribution in [0.3, 0.4) is 0 Å². The highest BCUT2D eigenvalue weighted by Gasteiger charge is 2.20. The molecule has 0 radical (unpaired) electrons. The lowest BCUT2D eigenvalue weighted by Gasteiger charge is -2.23. The highest BCUT2D eigenvalue weighted by atomic mass is 35.5. The number of benzene rings is 5. The van der Waals surface area contributed by atoms with E-state index in [0.29, 0.717) is 24.7 Å². The van der Waals surface area contributed by atoms with Gasteiger partial charge >= 0.3 is 0 Å². The van der Waals surface area contributed by atoms with Gasteiger partial charge in [0.15, 0.2) is 0 Å². The molecule has 5 aromatic rings. The van der Waals surface area contributed by atoms with E-state index in [-0.39, 0.29) is 16.5 Å². The van der Waals surface area contributed by atoms with Crippen molar-refractivity contribution < 1.29 is 13.2 Å². The molecule has 4 N–H and O–H groups in total. The minimum absolute atomic E-state index is 0.0361. The average Bonchev–Trinajstić information content (AvgIpc) is 3.14. The Hall–Kier alpha value is -4.32. The smallest absolute Gasteiger partial charge is 0.264 e. The summed E-state index contributed by atoms with van der Waals surface area (Å²) in [7, 11) is 0.0194. The molecule has 5 rings (SSSR count). The van der Waals surface area contributed by atoms with E-state index in [1.807, 2.05) is 61.5 Å². The Morgan fingerprint density at radius 1 is 0.846 bits per heavy atom. The third-order valence-electron chi connectivity index (χ3n) is 8.48. The second-order valence-corrected chi connectivity index (χ2v) is 16.0. The number of aryl methyl sites for hydroxylation is 1. The van der Waals surface area contributed by atoms with Crippen LogP contribution in [-0.4, -0.2) is 64.7 Å². The molecule has 272 valence electrons. The fraction of sp³-hybridized carbons (Fsp3) is 0.244. The van der Waals surface area contributed by atoms with Crippen molar-refractivity contribution in [3.8, 4) is 11.1 Å². The van der Waals surface area contributed by atoms with Crippen LogP contribution in [0.15, 0.2) is 131 Å². The number of amides is 1. The fourth-order valence-electron chi connectivity index (χ4n) is 5.59. The minimum Gasteiger partial charge on any atom is -0.384 e. The van der Waals surface area contributed by atoms with E-state index in [1.54, 1.807) is 48.2 Å². The Labute approximate surface area is 317 Å². The van der Waals surface area contributed by atoms with Gasteiger partial charge in [-0.2, -0.15) is 0 Å². The van der Waals surface area contributed by atoms with E-state index in [1.165, 1.54) is 16.5 Å². The first-order valence-corrected chi connectivity index (χ1v) is 20.1. The Kier molecular flexibility index (Phi) is 14.2. The first-order valence-electron chi connectivity index (χ1n) is 17.2. The number of carbonyl (C=O) groups excluding carboxylic acids is 1. The summed E-state index contributed by atoms with van der Waals surface area (Å²) in [6.07, 6.45) is 0.925. The highest BCUT2D eigenvalue weighted by molar-refractivity contribution is 7.99. The van der Waals surface area contributed by atoms with Crippen molar-refractivity contribution in [3.05, 3.63) is 143 Å². The molecule has 0 aliphatic heterocycles. The van der Waals surface area contributed by atoms with E-state index in [4.69, 9.17) is 11.6 Å². The number of halogens is 1. The molecule has 0 saturated heterocycles. The second-order valence-electron chi connectivity index (χ2n) is 12.8. The summed E-state index contributed by atoms with van der Waals surface area (Å²) in [4.78, 5) is 16.4. The van der Waals surface area contributed by atoms with Gasteiger partial charge in [0.05, 0.1) is 4.90 Å². The van der Waals surface area contributed by atoms with E-state index in [9.17, 15) is 13.2 Å². The topological polar surface area (TPSA) is 103 Å². The van der Waals surface area contributed by atoms with Crippen molar-refractivity contribution in [2.45, 2.75) is 35.7 Å². The molecule has 0 bridgehead atoms. The summed E-state index contributed by atoms with van der Waals surface area (Å²) in [5.74, 6) is 0.175. The number of anilines is 2. The van der Waals surface area contributed by atoms with Gasteiger partial charge in [-0.3, -0.25) is 4.79 Å². The highest BCUT2D eigenvalue weighted by Crippen LogP contribution is 2.26. The minimum atomic E-state index is -4.09. The number of thioether (sulfide) groups is 1. The van der Waals surface area contributed by atoms with Crippen LogP contribution in [0, 0.1) is 6.92 Å². The third kappa shape index (κ3) is 11.6. The lowest BCUT2D eigenvalue weighted by Crippen LogP contribution is -2.31. The van der Waals surface area contributed by atoms with E-state index >= 15 is 0 Å². The van der Waals surface area contributed by atoms with Gasteiger partial charge in [0, 0.05) is 58.3 Å². The van der Waals surface area contributed by atoms with Crippen molar-refractivity contribution in [1.29, 1.82) is 0 Å². The normalized spacial score (nSPS) is 12.0. The first-order chi connectivity index (χ1) is 25.1. The van der Waals surface area contributed by atoms with Crippen molar-refractivity contribution >= 4 is 50.7 Å². The van der Waals surface area contributed by atoms with Crippen LogP contribution >= 0.6 is 23.4 Å². The summed E-state index contributed by atoms with van der Waals surface area (Å²) in [5.41, 5.74) is 6.19. The third-order valence-corrected chi connectivity index (χ3v) is 11.2. The first kappa shape index (κ1) is 38.9. The molecule has 8 nitrogen and oxygen atoms in total. The number of nitrogens with zero attached hydrogens (tertiary/aromatic N) is 1. The van der Waals surface area contributed by atoms with Crippen LogP contribution < -0.4 is 20.7 Å². The van der Waals surface area contributed by atoms with Crippen LogP contribution in [0.5, 0.6) is 0 Å². The number of hydrogen-bond donors (Lipinski definition) is 4. The molecule has 0 unspecified atom stereocenters. The van der Waals surface area contributed by atoms with Gasteiger partial charge in [0.1, 0.15) is 0 Å². The molecule has 0 fully saturated rings. The number of carbonyl (C=O) groups is 1. The van der Waals surface area contributed by atoms with Gasteiger partial charge in [-0.25, -0.2) is 13.1 Å². The largest absolute Gasteiger partial charge is 0.384 e. The molecule has 0 aliphatic carbocycles. The molecule has 0 heterocycles. The lowest BCUT2D eigenvalue weighted by atomic mass is 10.00. The predicted molar refractivity (Wildman–Crippen MR) is 217 cm³/mol. The van der Waals surface area contributed by atoms with Gasteiger partial charge in [0.25, 0.3) is 15.9 Å². The van der Waals surface area contributed by atoms with Gasteiger partial charge in [-0.15, -0.1) is 11.8 Å². The van der Waals surface area contributed by atoms with E-state index < -0.39 is 15.9 Å². The summed E-state index contributed by atoms with van der Waals surface area (Å²) >= 11 is 7.86. The molecular formula is C41H46ClN5O3S2. The molecule has 0 aromatic heterocycles. The molecular weight excluding hydrogens is 710 g/mol. The zero-order valence-corrected chi connectivity index (χ0v) is 32.1. The monoisotopic (exact) mass is 755 g/mol. The summed E-state index contributed by atoms with van der Waals surface area (Å²) in [6, 6.07) is 38.2. The zero-order valence-electron chi connectivity index (χ0n) is 29.7. The lowest BCUT2D eigenvalue weighted by molar-refractivity contribution is 0.0981. The Balaban J connectivity index is 1.11. The molecule has 1 atom stereocenters. The van der Waals surface area contributed by atoms with Crippen LogP contribution in [-0.2, 0) is 16.6 Å². The quantitative estimate of drug-likeness (QED) is 0.0525. The van der Waals surface area contributed by atoms with Crippen molar-refractivity contribution in [2.24, 2.45) is 0 Å². The molecule has 0 aliphatic rings. The second kappa shape index (κ2) is 19.0. The van der Waals surface area contributed by atoms with Crippen molar-refractivity contribution in [2.75, 3.05) is 50.1 Å². The summed E-state index contributed by atoms with van der Waals surface area (Å²) in [6.45, 7) is 4.87. The number of sulfonamides is 1. The zero-order chi connectivity index (χ0) is 36.9. The summed E-state index contributed by atoms with van der Waals surface area (Å²) in [5, 5.41) is 11.1. The molecule has 1 amide bonds. The molecule has 5 aromatic carbocycles. The van der Waals surface area contributed by atoms with Crippen LogP contribution in [0.25, 0.3) is 11.1 Å².